The summed E-state index contributed by atoms with van der Waals surface area (Å²) in [7, 11) is 0. The molecule has 4 aromatic rings. The first-order chi connectivity index (χ1) is 14.0. The van der Waals surface area contributed by atoms with Gasteiger partial charge in [-0.3, -0.25) is 24.3 Å². The first kappa shape index (κ1) is 18.5. The molecule has 3 aromatic carbocycles. The van der Waals surface area contributed by atoms with E-state index in [1.54, 1.807) is 36.5 Å². The number of fused-ring (bicyclic) bond motifs is 2. The van der Waals surface area contributed by atoms with Gasteiger partial charge in [0.2, 0.25) is 11.8 Å². The molecule has 1 aromatic heterocycles. The number of carbonyl (C=O) groups excluding carboxylic acids is 2. The summed E-state index contributed by atoms with van der Waals surface area (Å²) in [6.45, 7) is 2.65. The van der Waals surface area contributed by atoms with Crippen molar-refractivity contribution >= 4 is 39.2 Å². The second-order valence-electron chi connectivity index (χ2n) is 6.80. The van der Waals surface area contributed by atoms with Crippen molar-refractivity contribution in [1.82, 2.24) is 4.98 Å². The van der Waals surface area contributed by atoms with Gasteiger partial charge < -0.3 is 0 Å². The van der Waals surface area contributed by atoms with E-state index in [0.29, 0.717) is 27.4 Å². The molecule has 0 fully saturated rings. The highest BCUT2D eigenvalue weighted by Gasteiger charge is 2.19. The summed E-state index contributed by atoms with van der Waals surface area (Å²) < 4.78 is 0. The molecule has 4 rings (SSSR count). The van der Waals surface area contributed by atoms with Crippen molar-refractivity contribution in [3.63, 3.8) is 0 Å². The van der Waals surface area contributed by atoms with Crippen LogP contribution in [0.15, 0.2) is 77.7 Å². The van der Waals surface area contributed by atoms with Gasteiger partial charge in [-0.1, -0.05) is 42.5 Å². The number of amides is 2. The predicted octanol–water partition coefficient (Wildman–Crippen LogP) is 4.31. The number of hydrogen-bond donors (Lipinski definition) is 0. The molecule has 0 bridgehead atoms. The zero-order valence-corrected chi connectivity index (χ0v) is 16.0. The Hall–Kier alpha value is -3.86. The summed E-state index contributed by atoms with van der Waals surface area (Å²) in [6.07, 6.45) is 1.74. The monoisotopic (exact) mass is 382 g/mol. The number of anilines is 1. The molecule has 2 amide bonds. The summed E-state index contributed by atoms with van der Waals surface area (Å²) in [5.41, 5.74) is 2.56. The van der Waals surface area contributed by atoms with E-state index < -0.39 is 11.8 Å². The number of hydrogen-bond acceptors (Lipinski definition) is 4. The maximum atomic E-state index is 13.4. The molecule has 0 aliphatic carbocycles. The Morgan fingerprint density at radius 2 is 1.48 bits per heavy atom. The van der Waals surface area contributed by atoms with Gasteiger partial charge in [0.25, 0.3) is 0 Å². The zero-order valence-electron chi connectivity index (χ0n) is 16.0. The minimum absolute atomic E-state index is 0.195. The van der Waals surface area contributed by atoms with Crippen molar-refractivity contribution in [1.29, 1.82) is 0 Å². The highest BCUT2D eigenvalue weighted by Crippen LogP contribution is 2.27. The van der Waals surface area contributed by atoms with Gasteiger partial charge in [0.15, 0.2) is 5.43 Å². The normalized spacial score (nSPS) is 10.8. The number of pyridine rings is 1. The molecule has 0 radical (unpaired) electrons. The van der Waals surface area contributed by atoms with E-state index in [2.05, 4.69) is 4.98 Å². The molecule has 5 heteroatoms. The van der Waals surface area contributed by atoms with Crippen LogP contribution in [0.5, 0.6) is 0 Å². The molecule has 142 valence electrons. The smallest absolute Gasteiger partial charge is 0.230 e. The van der Waals surface area contributed by atoms with Crippen molar-refractivity contribution in [3.8, 4) is 11.1 Å². The van der Waals surface area contributed by atoms with Crippen LogP contribution in [0.2, 0.25) is 0 Å². The molecule has 0 aliphatic heterocycles. The van der Waals surface area contributed by atoms with Gasteiger partial charge in [0.1, 0.15) is 0 Å². The molecule has 0 atom stereocenters. The fourth-order valence-electron chi connectivity index (χ4n) is 3.57. The molecule has 0 saturated carbocycles. The zero-order chi connectivity index (χ0) is 20.5. The van der Waals surface area contributed by atoms with Crippen LogP contribution in [0.25, 0.3) is 32.8 Å². The Morgan fingerprint density at radius 1 is 0.759 bits per heavy atom. The number of carbonyl (C=O) groups is 2. The Labute approximate surface area is 167 Å². The van der Waals surface area contributed by atoms with Crippen LogP contribution in [0.1, 0.15) is 13.8 Å². The summed E-state index contributed by atoms with van der Waals surface area (Å²) in [4.78, 5) is 43.0. The van der Waals surface area contributed by atoms with Gasteiger partial charge in [-0.15, -0.1) is 0 Å². The molecule has 0 saturated heterocycles. The SMILES string of the molecule is CC(=O)N(C(C)=O)c1cccc2c(=O)c3cc(-c4ccccc4)cnc3ccc12. The minimum Gasteiger partial charge on any atom is -0.289 e. The van der Waals surface area contributed by atoms with Crippen molar-refractivity contribution in [2.45, 2.75) is 13.8 Å². The molecule has 5 nitrogen and oxygen atoms in total. The third-order valence-electron chi connectivity index (χ3n) is 4.88. The minimum atomic E-state index is -0.405. The van der Waals surface area contributed by atoms with E-state index in [-0.39, 0.29) is 5.43 Å². The Morgan fingerprint density at radius 3 is 2.17 bits per heavy atom. The summed E-state index contributed by atoms with van der Waals surface area (Å²) >= 11 is 0. The summed E-state index contributed by atoms with van der Waals surface area (Å²) in [5, 5.41) is 1.44. The Balaban J connectivity index is 2.05. The van der Waals surface area contributed by atoms with Crippen molar-refractivity contribution in [2.75, 3.05) is 4.90 Å². The average Bonchev–Trinajstić information content (AvgIpc) is 2.85. The van der Waals surface area contributed by atoms with E-state index >= 15 is 0 Å². The van der Waals surface area contributed by atoms with Gasteiger partial charge in [0.05, 0.1) is 11.2 Å². The van der Waals surface area contributed by atoms with Gasteiger partial charge in [-0.05, 0) is 29.8 Å². The molecule has 0 N–H and O–H groups in total. The second kappa shape index (κ2) is 7.28. The molecule has 0 spiro atoms. The molecule has 0 aliphatic rings. The van der Waals surface area contributed by atoms with Crippen LogP contribution in [-0.2, 0) is 9.59 Å². The third kappa shape index (κ3) is 3.27. The second-order valence-corrected chi connectivity index (χ2v) is 6.80. The highest BCUT2D eigenvalue weighted by molar-refractivity contribution is 6.18. The van der Waals surface area contributed by atoms with Gasteiger partial charge in [-0.25, -0.2) is 0 Å². The van der Waals surface area contributed by atoms with Crippen LogP contribution in [0, 0.1) is 0 Å². The lowest BCUT2D eigenvalue weighted by Gasteiger charge is -2.18. The van der Waals surface area contributed by atoms with E-state index in [1.807, 2.05) is 36.4 Å². The van der Waals surface area contributed by atoms with Crippen LogP contribution in [0.4, 0.5) is 5.69 Å². The number of imide groups is 1. The molecular formula is C24H18N2O3. The van der Waals surface area contributed by atoms with Crippen molar-refractivity contribution in [3.05, 3.63) is 83.2 Å². The van der Waals surface area contributed by atoms with E-state index in [9.17, 15) is 14.4 Å². The lowest BCUT2D eigenvalue weighted by molar-refractivity contribution is -0.124. The topological polar surface area (TPSA) is 67.3 Å². The van der Waals surface area contributed by atoms with Crippen molar-refractivity contribution in [2.24, 2.45) is 0 Å². The van der Waals surface area contributed by atoms with E-state index in [0.717, 1.165) is 16.0 Å². The average molecular weight is 382 g/mol. The first-order valence-corrected chi connectivity index (χ1v) is 9.20. The predicted molar refractivity (Wildman–Crippen MR) is 115 cm³/mol. The standard InChI is InChI=1S/C24H18N2O3/c1-15(27)26(16(2)28)23-10-6-9-20-19(23)11-12-22-21(24(20)29)13-18(14-25-22)17-7-4-3-5-8-17/h3-14H,1-2H3. The first-order valence-electron chi connectivity index (χ1n) is 9.20. The third-order valence-corrected chi connectivity index (χ3v) is 4.88. The van der Waals surface area contributed by atoms with Gasteiger partial charge in [0, 0.05) is 41.8 Å². The van der Waals surface area contributed by atoms with Crippen LogP contribution < -0.4 is 10.3 Å². The number of benzene rings is 2. The maximum Gasteiger partial charge on any atom is 0.230 e. The molecule has 0 unspecified atom stereocenters. The molecule has 29 heavy (non-hydrogen) atoms. The number of aromatic nitrogens is 1. The Kier molecular flexibility index (Phi) is 4.64. The van der Waals surface area contributed by atoms with Crippen LogP contribution in [-0.4, -0.2) is 16.8 Å². The Bertz CT molecular complexity index is 1320. The summed E-state index contributed by atoms with van der Waals surface area (Å²) in [6, 6.07) is 20.1. The lowest BCUT2D eigenvalue weighted by Crippen LogP contribution is -2.33. The van der Waals surface area contributed by atoms with E-state index in [1.165, 1.54) is 13.8 Å². The van der Waals surface area contributed by atoms with Gasteiger partial charge >= 0.3 is 0 Å². The fourth-order valence-corrected chi connectivity index (χ4v) is 3.57. The maximum absolute atomic E-state index is 13.4. The quantitative estimate of drug-likeness (QED) is 0.518. The van der Waals surface area contributed by atoms with E-state index in [4.69, 9.17) is 0 Å². The molecular weight excluding hydrogens is 364 g/mol. The highest BCUT2D eigenvalue weighted by atomic mass is 16.2. The van der Waals surface area contributed by atoms with Gasteiger partial charge in [-0.2, -0.15) is 0 Å². The number of rotatable bonds is 2. The fraction of sp³-hybridized carbons (Fsp3) is 0.0833. The largest absolute Gasteiger partial charge is 0.289 e. The lowest BCUT2D eigenvalue weighted by atomic mass is 10.1. The van der Waals surface area contributed by atoms with Crippen LogP contribution >= 0.6 is 0 Å². The molecule has 1 heterocycles. The summed E-state index contributed by atoms with van der Waals surface area (Å²) in [5.74, 6) is -0.809. The van der Waals surface area contributed by atoms with Crippen LogP contribution in [0.3, 0.4) is 0 Å². The van der Waals surface area contributed by atoms with Crippen molar-refractivity contribution < 1.29 is 9.59 Å². The number of nitrogens with zero attached hydrogens (tertiary/aromatic N) is 2.